The second-order valence-corrected chi connectivity index (χ2v) is 10.7. The van der Waals surface area contributed by atoms with E-state index in [9.17, 15) is 16.8 Å². The van der Waals surface area contributed by atoms with Crippen molar-refractivity contribution < 1.29 is 18.2 Å². The molecule has 0 heterocycles. The van der Waals surface area contributed by atoms with Crippen molar-refractivity contribution in [2.45, 2.75) is 26.7 Å². The minimum atomic E-state index is -4.26. The van der Waals surface area contributed by atoms with E-state index in [2.05, 4.69) is 6.58 Å². The molecule has 1 aliphatic carbocycles. The molecule has 0 fully saturated rings. The summed E-state index contributed by atoms with van der Waals surface area (Å²) in [6.45, 7) is 3.72. The number of hydrogen-bond acceptors (Lipinski definition) is 4. The standard InChI is InChI=1S/C19H18O4S2/c1-16-9-8-14-19(15-16,24(20,21)17-10-4-2-5-11-17)25(22,23)18-12-6-3-7-13-18/h2-13H,1,14-15H2/i9D. The molecule has 3 rings (SSSR count). The predicted molar refractivity (Wildman–Crippen MR) is 97.5 cm³/mol. The Morgan fingerprint density at radius 3 is 1.68 bits per heavy atom. The fraction of sp³-hybridized carbons (Fsp3) is 0.158. The molecule has 6 heteroatoms. The van der Waals surface area contributed by atoms with Crippen molar-refractivity contribution in [2.75, 3.05) is 0 Å². The van der Waals surface area contributed by atoms with E-state index in [0.29, 0.717) is 0 Å². The SMILES string of the molecule is [2H]C1=CCC(S(=O)(=O)c2ccccc2)(S(=O)(=O)c2ccccc2)CC1=C. The van der Waals surface area contributed by atoms with E-state index in [0.717, 1.165) is 0 Å². The molecular formula is C19H18O4S2. The van der Waals surface area contributed by atoms with Crippen LogP contribution in [0.2, 0.25) is 0 Å². The Kier molecular flexibility index (Phi) is 4.09. The molecular weight excluding hydrogens is 356 g/mol. The molecule has 0 unspecified atom stereocenters. The van der Waals surface area contributed by atoms with Gasteiger partial charge in [0.2, 0.25) is 0 Å². The number of rotatable bonds is 4. The van der Waals surface area contributed by atoms with E-state index < -0.39 is 23.8 Å². The Morgan fingerprint density at radius 1 is 0.840 bits per heavy atom. The van der Waals surface area contributed by atoms with Crippen LogP contribution in [-0.4, -0.2) is 20.9 Å². The van der Waals surface area contributed by atoms with E-state index >= 15 is 0 Å². The fourth-order valence-electron chi connectivity index (χ4n) is 2.98. The first-order chi connectivity index (χ1) is 12.2. The van der Waals surface area contributed by atoms with Gasteiger partial charge in [0.25, 0.3) is 0 Å². The van der Waals surface area contributed by atoms with Crippen LogP contribution in [-0.2, 0) is 19.7 Å². The smallest absolute Gasteiger partial charge is 0.199 e. The van der Waals surface area contributed by atoms with Crippen LogP contribution in [0.1, 0.15) is 14.2 Å². The summed E-state index contributed by atoms with van der Waals surface area (Å²) in [5.74, 6) is 0. The zero-order chi connectivity index (χ0) is 19.0. The second kappa shape index (κ2) is 6.28. The highest BCUT2D eigenvalue weighted by atomic mass is 32.3. The Morgan fingerprint density at radius 2 is 1.28 bits per heavy atom. The minimum Gasteiger partial charge on any atom is -0.222 e. The van der Waals surface area contributed by atoms with Crippen molar-refractivity contribution in [1.82, 2.24) is 0 Å². The Balaban J connectivity index is 2.32. The Labute approximate surface area is 149 Å². The number of allylic oxidation sites excluding steroid dienone is 3. The Bertz CT molecular complexity index is 1000. The van der Waals surface area contributed by atoms with Gasteiger partial charge in [0.15, 0.2) is 23.8 Å². The van der Waals surface area contributed by atoms with Gasteiger partial charge in [0, 0.05) is 12.8 Å². The Hall–Kier alpha value is -2.18. The largest absolute Gasteiger partial charge is 0.222 e. The summed E-state index contributed by atoms with van der Waals surface area (Å²) in [5, 5.41) is 0. The molecule has 25 heavy (non-hydrogen) atoms. The molecule has 130 valence electrons. The van der Waals surface area contributed by atoms with Gasteiger partial charge in [0.1, 0.15) is 0 Å². The van der Waals surface area contributed by atoms with Crippen LogP contribution in [0.25, 0.3) is 0 Å². The molecule has 0 bridgehead atoms. The fourth-order valence-corrected chi connectivity index (χ4v) is 7.94. The van der Waals surface area contributed by atoms with Gasteiger partial charge < -0.3 is 0 Å². The van der Waals surface area contributed by atoms with Crippen LogP contribution >= 0.6 is 0 Å². The van der Waals surface area contributed by atoms with Crippen molar-refractivity contribution in [3.8, 4) is 0 Å². The zero-order valence-electron chi connectivity index (χ0n) is 14.4. The molecule has 1 aliphatic rings. The molecule has 0 saturated carbocycles. The summed E-state index contributed by atoms with van der Waals surface area (Å²) in [6.07, 6.45) is 0.697. The molecule has 2 aromatic carbocycles. The molecule has 0 aliphatic heterocycles. The molecule has 0 saturated heterocycles. The van der Waals surface area contributed by atoms with Gasteiger partial charge in [-0.05, 0) is 24.3 Å². The zero-order valence-corrected chi connectivity index (χ0v) is 15.1. The van der Waals surface area contributed by atoms with Gasteiger partial charge >= 0.3 is 0 Å². The van der Waals surface area contributed by atoms with Crippen molar-refractivity contribution >= 4 is 19.7 Å². The molecule has 0 amide bonds. The lowest BCUT2D eigenvalue weighted by Gasteiger charge is -2.34. The highest BCUT2D eigenvalue weighted by Crippen LogP contribution is 2.45. The van der Waals surface area contributed by atoms with Gasteiger partial charge in [-0.1, -0.05) is 60.7 Å². The average Bonchev–Trinajstić information content (AvgIpc) is 2.65. The maximum absolute atomic E-state index is 13.5. The van der Waals surface area contributed by atoms with Gasteiger partial charge in [-0.2, -0.15) is 0 Å². The summed E-state index contributed by atoms with van der Waals surface area (Å²) in [4.78, 5) is -0.122. The molecule has 0 radical (unpaired) electrons. The topological polar surface area (TPSA) is 68.3 Å². The van der Waals surface area contributed by atoms with Crippen LogP contribution in [0.15, 0.2) is 94.7 Å². The highest BCUT2D eigenvalue weighted by Gasteiger charge is 2.56. The van der Waals surface area contributed by atoms with Crippen LogP contribution in [0, 0.1) is 0 Å². The number of hydrogen-bond donors (Lipinski definition) is 0. The van der Waals surface area contributed by atoms with Crippen molar-refractivity contribution in [1.29, 1.82) is 0 Å². The van der Waals surface area contributed by atoms with E-state index in [1.165, 1.54) is 30.3 Å². The van der Waals surface area contributed by atoms with Crippen LogP contribution < -0.4 is 0 Å². The van der Waals surface area contributed by atoms with E-state index in [-0.39, 0.29) is 34.3 Å². The van der Waals surface area contributed by atoms with E-state index in [4.69, 9.17) is 1.37 Å². The summed E-state index contributed by atoms with van der Waals surface area (Å²) in [7, 11) is -8.53. The number of sulfone groups is 2. The second-order valence-electron chi connectivity index (χ2n) is 5.88. The third-order valence-corrected chi connectivity index (χ3v) is 9.97. The van der Waals surface area contributed by atoms with Crippen LogP contribution in [0.4, 0.5) is 0 Å². The van der Waals surface area contributed by atoms with Gasteiger partial charge in [-0.3, -0.25) is 0 Å². The van der Waals surface area contributed by atoms with Gasteiger partial charge in [-0.25, -0.2) is 16.8 Å². The molecule has 4 nitrogen and oxygen atoms in total. The summed E-state index contributed by atoms with van der Waals surface area (Å²) in [5.41, 5.74) is 0.190. The lowest BCUT2D eigenvalue weighted by molar-refractivity contribution is 0.532. The third-order valence-electron chi connectivity index (χ3n) is 4.29. The first kappa shape index (κ1) is 16.3. The summed E-state index contributed by atoms with van der Waals surface area (Å²) in [6, 6.07) is 15.2. The van der Waals surface area contributed by atoms with Crippen LogP contribution in [0.5, 0.6) is 0 Å². The first-order valence-electron chi connectivity index (χ1n) is 8.17. The molecule has 0 N–H and O–H groups in total. The molecule has 0 spiro atoms. The van der Waals surface area contributed by atoms with Gasteiger partial charge in [-0.15, -0.1) is 0 Å². The van der Waals surface area contributed by atoms with Crippen molar-refractivity contribution in [3.63, 3.8) is 0 Å². The monoisotopic (exact) mass is 375 g/mol. The van der Waals surface area contributed by atoms with Crippen molar-refractivity contribution in [3.05, 3.63) is 84.9 Å². The minimum absolute atomic E-state index is 0.0610. The lowest BCUT2D eigenvalue weighted by atomic mass is 10.0. The maximum atomic E-state index is 13.5. The normalized spacial score (nSPS) is 18.3. The molecule has 2 aromatic rings. The first-order valence-corrected chi connectivity index (χ1v) is 10.6. The maximum Gasteiger partial charge on any atom is 0.199 e. The quantitative estimate of drug-likeness (QED) is 0.820. The average molecular weight is 375 g/mol. The van der Waals surface area contributed by atoms with E-state index in [1.807, 2.05) is 0 Å². The third kappa shape index (κ3) is 2.75. The lowest BCUT2D eigenvalue weighted by Crippen LogP contribution is -2.47. The highest BCUT2D eigenvalue weighted by molar-refractivity contribution is 8.10. The van der Waals surface area contributed by atoms with Gasteiger partial charge in [0.05, 0.1) is 11.2 Å². The molecule has 0 atom stereocenters. The summed E-state index contributed by atoms with van der Waals surface area (Å²) >= 11 is 0. The van der Waals surface area contributed by atoms with Crippen LogP contribution in [0.3, 0.4) is 0 Å². The number of benzene rings is 2. The van der Waals surface area contributed by atoms with E-state index in [1.54, 1.807) is 36.4 Å². The molecule has 0 aromatic heterocycles. The van der Waals surface area contributed by atoms with Crippen molar-refractivity contribution in [2.24, 2.45) is 0 Å². The summed E-state index contributed by atoms with van der Waals surface area (Å²) < 4.78 is 59.6. The predicted octanol–water partition coefficient (Wildman–Crippen LogP) is 3.54.